The minimum atomic E-state index is 0.175. The first-order chi connectivity index (χ1) is 11.2. The lowest BCUT2D eigenvalue weighted by atomic mass is 9.77. The quantitative estimate of drug-likeness (QED) is 0.795. The van der Waals surface area contributed by atoms with Crippen LogP contribution in [0, 0.1) is 29.6 Å². The number of aromatic nitrogens is 3. The molecular formula is C18H20BrN3O. The van der Waals surface area contributed by atoms with Gasteiger partial charge in [-0.2, -0.15) is 0 Å². The Labute approximate surface area is 143 Å². The molecule has 0 radical (unpaired) electrons. The van der Waals surface area contributed by atoms with Crippen LogP contribution < -0.4 is 0 Å². The molecule has 3 aliphatic rings. The van der Waals surface area contributed by atoms with Gasteiger partial charge in [0, 0.05) is 12.1 Å². The zero-order valence-electron chi connectivity index (χ0n) is 13.0. The molecule has 0 spiro atoms. The highest BCUT2D eigenvalue weighted by molar-refractivity contribution is 9.10. The zero-order valence-corrected chi connectivity index (χ0v) is 14.6. The van der Waals surface area contributed by atoms with Gasteiger partial charge in [0.25, 0.3) is 0 Å². The first kappa shape index (κ1) is 14.1. The summed E-state index contributed by atoms with van der Waals surface area (Å²) in [6, 6.07) is 0. The van der Waals surface area contributed by atoms with Crippen molar-refractivity contribution < 1.29 is 4.79 Å². The maximum atomic E-state index is 13.2. The van der Waals surface area contributed by atoms with Crippen molar-refractivity contribution in [3.05, 3.63) is 22.6 Å². The summed E-state index contributed by atoms with van der Waals surface area (Å²) >= 11 is 3.36. The average molecular weight is 374 g/mol. The Morgan fingerprint density at radius 1 is 1.09 bits per heavy atom. The molecule has 3 aliphatic carbocycles. The summed E-state index contributed by atoms with van der Waals surface area (Å²) in [6.45, 7) is 0. The summed E-state index contributed by atoms with van der Waals surface area (Å²) < 4.78 is 0.678. The summed E-state index contributed by atoms with van der Waals surface area (Å²) in [5.74, 6) is 3.85. The van der Waals surface area contributed by atoms with Crippen molar-refractivity contribution in [1.29, 1.82) is 0 Å². The molecule has 2 aromatic rings. The molecule has 2 aromatic heterocycles. The number of halogens is 1. The van der Waals surface area contributed by atoms with Crippen LogP contribution >= 0.6 is 15.9 Å². The monoisotopic (exact) mass is 373 g/mol. The lowest BCUT2D eigenvalue weighted by Crippen LogP contribution is -2.22. The first-order valence-electron chi connectivity index (χ1n) is 8.71. The van der Waals surface area contributed by atoms with Crippen molar-refractivity contribution >= 4 is 32.9 Å². The highest BCUT2D eigenvalue weighted by Gasteiger charge is 2.46. The highest BCUT2D eigenvalue weighted by Crippen LogP contribution is 2.55. The van der Waals surface area contributed by atoms with Crippen LogP contribution in [0.1, 0.15) is 48.9 Å². The van der Waals surface area contributed by atoms with Gasteiger partial charge < -0.3 is 4.98 Å². The van der Waals surface area contributed by atoms with Crippen molar-refractivity contribution in [1.82, 2.24) is 15.0 Å². The van der Waals surface area contributed by atoms with Gasteiger partial charge in [0.2, 0.25) is 0 Å². The SMILES string of the molecule is O=C(c1c[nH]c2ncc(Br)nc12)C1CC2CC3CC(C2)C(C3)C1. The predicted octanol–water partition coefficient (Wildman–Crippen LogP) is 4.37. The molecule has 1 N–H and O–H groups in total. The van der Waals surface area contributed by atoms with Gasteiger partial charge >= 0.3 is 0 Å². The van der Waals surface area contributed by atoms with E-state index in [2.05, 4.69) is 30.9 Å². The second-order valence-corrected chi connectivity index (χ2v) is 8.63. The molecular weight excluding hydrogens is 354 g/mol. The number of carbonyl (C=O) groups is 1. The summed E-state index contributed by atoms with van der Waals surface area (Å²) in [7, 11) is 0. The zero-order chi connectivity index (χ0) is 15.6. The van der Waals surface area contributed by atoms with E-state index in [1.165, 1.54) is 25.7 Å². The van der Waals surface area contributed by atoms with E-state index in [0.29, 0.717) is 15.8 Å². The third kappa shape index (κ3) is 2.27. The standard InChI is InChI=1S/C18H20BrN3O/c19-15-8-21-18-16(22-15)14(7-20-18)17(23)13-5-10-1-9-2-11(3-10)12(4-9)6-13/h7-13H,1-6H2,(H,20,21). The molecule has 120 valence electrons. The lowest BCUT2D eigenvalue weighted by molar-refractivity contribution is 0.0876. The van der Waals surface area contributed by atoms with E-state index in [-0.39, 0.29) is 11.7 Å². The minimum Gasteiger partial charge on any atom is -0.344 e. The highest BCUT2D eigenvalue weighted by atomic mass is 79.9. The molecule has 5 atom stereocenters. The number of hydrogen-bond acceptors (Lipinski definition) is 3. The van der Waals surface area contributed by atoms with E-state index in [1.807, 2.05) is 0 Å². The Kier molecular flexibility index (Phi) is 3.16. The van der Waals surface area contributed by atoms with Crippen molar-refractivity contribution in [3.8, 4) is 0 Å². The Bertz CT molecular complexity index is 784. The molecule has 0 aliphatic heterocycles. The number of nitrogens with zero attached hydrogens (tertiary/aromatic N) is 2. The van der Waals surface area contributed by atoms with Gasteiger partial charge in [0.1, 0.15) is 10.1 Å². The number of Topliss-reactive ketones (excluding diaryl/α,β-unsaturated/α-hetero) is 1. The van der Waals surface area contributed by atoms with Gasteiger partial charge in [-0.05, 0) is 78.1 Å². The van der Waals surface area contributed by atoms with Crippen LogP contribution in [0.2, 0.25) is 0 Å². The van der Waals surface area contributed by atoms with Crippen LogP contribution in [0.25, 0.3) is 11.2 Å². The van der Waals surface area contributed by atoms with E-state index < -0.39 is 0 Å². The molecule has 3 saturated carbocycles. The number of hydrogen-bond donors (Lipinski definition) is 1. The minimum absolute atomic E-state index is 0.175. The van der Waals surface area contributed by atoms with Gasteiger partial charge in [-0.3, -0.25) is 4.79 Å². The first-order valence-corrected chi connectivity index (χ1v) is 9.50. The average Bonchev–Trinajstić information content (AvgIpc) is 3.02. The lowest BCUT2D eigenvalue weighted by Gasteiger charge is -2.28. The summed E-state index contributed by atoms with van der Waals surface area (Å²) in [5, 5.41) is 0. The number of fused-ring (bicyclic) bond motifs is 3. The number of aromatic amines is 1. The van der Waals surface area contributed by atoms with Crippen molar-refractivity contribution in [2.24, 2.45) is 29.6 Å². The largest absolute Gasteiger partial charge is 0.344 e. The maximum absolute atomic E-state index is 13.2. The van der Waals surface area contributed by atoms with E-state index >= 15 is 0 Å². The molecule has 0 amide bonds. The van der Waals surface area contributed by atoms with Crippen LogP contribution in [0.3, 0.4) is 0 Å². The number of H-pyrrole nitrogens is 1. The molecule has 2 heterocycles. The van der Waals surface area contributed by atoms with Crippen molar-refractivity contribution in [3.63, 3.8) is 0 Å². The Morgan fingerprint density at radius 3 is 2.65 bits per heavy atom. The van der Waals surface area contributed by atoms with E-state index in [9.17, 15) is 4.79 Å². The topological polar surface area (TPSA) is 58.6 Å². The fourth-order valence-electron chi connectivity index (χ4n) is 5.65. The van der Waals surface area contributed by atoms with Crippen LogP contribution in [0.15, 0.2) is 17.0 Å². The van der Waals surface area contributed by atoms with E-state index in [1.54, 1.807) is 12.4 Å². The van der Waals surface area contributed by atoms with Gasteiger partial charge in [-0.25, -0.2) is 9.97 Å². The predicted molar refractivity (Wildman–Crippen MR) is 91.1 cm³/mol. The molecule has 23 heavy (non-hydrogen) atoms. The third-order valence-electron chi connectivity index (χ3n) is 6.43. The molecule has 3 fully saturated rings. The molecule has 5 heteroatoms. The summed E-state index contributed by atoms with van der Waals surface area (Å²) in [4.78, 5) is 25.1. The van der Waals surface area contributed by atoms with Crippen LogP contribution in [0.4, 0.5) is 0 Å². The van der Waals surface area contributed by atoms with E-state index in [0.717, 1.165) is 42.1 Å². The van der Waals surface area contributed by atoms with Crippen LogP contribution in [0.5, 0.6) is 0 Å². The maximum Gasteiger partial charge on any atom is 0.169 e. The molecule has 4 nitrogen and oxygen atoms in total. The molecule has 5 rings (SSSR count). The molecule has 0 saturated heterocycles. The Morgan fingerprint density at radius 2 is 1.83 bits per heavy atom. The van der Waals surface area contributed by atoms with Crippen molar-refractivity contribution in [2.75, 3.05) is 0 Å². The second kappa shape index (κ2) is 5.13. The summed E-state index contributed by atoms with van der Waals surface area (Å²) in [6.07, 6.45) is 11.1. The third-order valence-corrected chi connectivity index (χ3v) is 6.82. The Hall–Kier alpha value is -1.23. The normalized spacial score (nSPS) is 35.6. The number of nitrogens with one attached hydrogen (secondary N) is 1. The molecule has 3 bridgehead atoms. The Balaban J connectivity index is 1.49. The molecule has 0 aromatic carbocycles. The van der Waals surface area contributed by atoms with Crippen LogP contribution in [-0.4, -0.2) is 20.7 Å². The van der Waals surface area contributed by atoms with Gasteiger partial charge in [0.15, 0.2) is 11.4 Å². The fraction of sp³-hybridized carbons (Fsp3) is 0.611. The number of ketones is 1. The van der Waals surface area contributed by atoms with Gasteiger partial charge in [-0.15, -0.1) is 0 Å². The van der Waals surface area contributed by atoms with E-state index in [4.69, 9.17) is 0 Å². The summed E-state index contributed by atoms with van der Waals surface area (Å²) in [5.41, 5.74) is 2.14. The number of carbonyl (C=O) groups excluding carboxylic acids is 1. The second-order valence-electron chi connectivity index (χ2n) is 7.82. The van der Waals surface area contributed by atoms with Crippen LogP contribution in [-0.2, 0) is 0 Å². The smallest absolute Gasteiger partial charge is 0.169 e. The number of rotatable bonds is 2. The van der Waals surface area contributed by atoms with Crippen molar-refractivity contribution in [2.45, 2.75) is 38.5 Å². The fourth-order valence-corrected chi connectivity index (χ4v) is 5.93. The van der Waals surface area contributed by atoms with Gasteiger partial charge in [-0.1, -0.05) is 0 Å². The molecule has 5 unspecified atom stereocenters. The van der Waals surface area contributed by atoms with Gasteiger partial charge in [0.05, 0.1) is 11.8 Å².